The van der Waals surface area contributed by atoms with Crippen LogP contribution < -0.4 is 5.32 Å². The molecule has 0 fully saturated rings. The van der Waals surface area contributed by atoms with Crippen LogP contribution in [0.25, 0.3) is 0 Å². The van der Waals surface area contributed by atoms with E-state index in [2.05, 4.69) is 31.6 Å². The Hall–Kier alpha value is -1.89. The molecular weight excluding hydrogens is 463 g/mol. The Morgan fingerprint density at radius 2 is 1.75 bits per heavy atom. The third-order valence-corrected chi connectivity index (χ3v) is 5.42. The summed E-state index contributed by atoms with van der Waals surface area (Å²) in [5.41, 5.74) is 1.41. The summed E-state index contributed by atoms with van der Waals surface area (Å²) in [5, 5.41) is 12.3. The summed E-state index contributed by atoms with van der Waals surface area (Å²) in [6.07, 6.45) is 1.85. The number of hydrogen-bond acceptors (Lipinski definition) is 3. The van der Waals surface area contributed by atoms with Crippen LogP contribution >= 0.6 is 39.1 Å². The predicted octanol–water partition coefficient (Wildman–Crippen LogP) is 5.62. The molecule has 5 nitrogen and oxygen atoms in total. The molecule has 3 rings (SSSR count). The van der Waals surface area contributed by atoms with Gasteiger partial charge in [-0.25, -0.2) is 4.68 Å². The fourth-order valence-corrected chi connectivity index (χ4v) is 3.54. The van der Waals surface area contributed by atoms with Gasteiger partial charge in [0.05, 0.1) is 17.8 Å². The summed E-state index contributed by atoms with van der Waals surface area (Å²) in [4.78, 5) is 12.6. The van der Waals surface area contributed by atoms with Crippen molar-refractivity contribution < 1.29 is 4.79 Å². The molecule has 2 aromatic carbocycles. The lowest BCUT2D eigenvalue weighted by Crippen LogP contribution is -2.41. The Morgan fingerprint density at radius 3 is 2.36 bits per heavy atom. The molecule has 0 aliphatic rings. The van der Waals surface area contributed by atoms with E-state index in [9.17, 15) is 4.79 Å². The number of hydrogen-bond donors (Lipinski definition) is 1. The maximum atomic E-state index is 12.6. The SMILES string of the molecule is CC(c1ccc(Br)cc1)n1cc(C(C)(C)NC(=O)c2cc(Cl)cc(Cl)c2)nn1. The first-order chi connectivity index (χ1) is 13.2. The first-order valence-electron chi connectivity index (χ1n) is 8.62. The number of nitrogens with one attached hydrogen (secondary N) is 1. The number of carbonyl (C=O) groups is 1. The highest BCUT2D eigenvalue weighted by Crippen LogP contribution is 2.24. The first kappa shape index (κ1) is 20.8. The van der Waals surface area contributed by atoms with Crippen LogP contribution in [0.5, 0.6) is 0 Å². The monoisotopic (exact) mass is 480 g/mol. The largest absolute Gasteiger partial charge is 0.341 e. The first-order valence-corrected chi connectivity index (χ1v) is 10.2. The van der Waals surface area contributed by atoms with Crippen molar-refractivity contribution in [1.82, 2.24) is 20.3 Å². The van der Waals surface area contributed by atoms with Crippen LogP contribution in [0.1, 0.15) is 48.4 Å². The van der Waals surface area contributed by atoms with E-state index in [4.69, 9.17) is 23.2 Å². The van der Waals surface area contributed by atoms with E-state index in [0.29, 0.717) is 21.3 Å². The molecule has 146 valence electrons. The smallest absolute Gasteiger partial charge is 0.252 e. The molecule has 1 aromatic heterocycles. The maximum Gasteiger partial charge on any atom is 0.252 e. The number of aromatic nitrogens is 3. The van der Waals surface area contributed by atoms with Crippen LogP contribution in [0.4, 0.5) is 0 Å². The summed E-state index contributed by atoms with van der Waals surface area (Å²) in [6, 6.07) is 12.8. The maximum absolute atomic E-state index is 12.6. The second-order valence-electron chi connectivity index (χ2n) is 7.05. The van der Waals surface area contributed by atoms with E-state index in [0.717, 1.165) is 10.0 Å². The van der Waals surface area contributed by atoms with Gasteiger partial charge in [0.1, 0.15) is 5.69 Å². The van der Waals surface area contributed by atoms with Gasteiger partial charge >= 0.3 is 0 Å². The topological polar surface area (TPSA) is 59.8 Å². The van der Waals surface area contributed by atoms with Gasteiger partial charge in [0, 0.05) is 20.1 Å². The summed E-state index contributed by atoms with van der Waals surface area (Å²) < 4.78 is 2.80. The van der Waals surface area contributed by atoms with Crippen molar-refractivity contribution in [3.8, 4) is 0 Å². The number of halogens is 3. The van der Waals surface area contributed by atoms with Gasteiger partial charge in [0.15, 0.2) is 0 Å². The summed E-state index contributed by atoms with van der Waals surface area (Å²) in [7, 11) is 0. The third-order valence-electron chi connectivity index (χ3n) is 4.45. The van der Waals surface area contributed by atoms with Gasteiger partial charge < -0.3 is 5.32 Å². The van der Waals surface area contributed by atoms with Gasteiger partial charge in [-0.15, -0.1) is 5.10 Å². The summed E-state index contributed by atoms with van der Waals surface area (Å²) in [6.45, 7) is 5.78. The Morgan fingerprint density at radius 1 is 1.14 bits per heavy atom. The minimum Gasteiger partial charge on any atom is -0.341 e. The zero-order valence-electron chi connectivity index (χ0n) is 15.6. The van der Waals surface area contributed by atoms with Crippen molar-refractivity contribution in [2.24, 2.45) is 0 Å². The molecule has 28 heavy (non-hydrogen) atoms. The van der Waals surface area contributed by atoms with E-state index in [1.807, 2.05) is 51.2 Å². The zero-order chi connectivity index (χ0) is 20.5. The molecule has 1 amide bonds. The number of nitrogens with zero attached hydrogens (tertiary/aromatic N) is 3. The fourth-order valence-electron chi connectivity index (χ4n) is 2.75. The minimum absolute atomic E-state index is 0.00703. The van der Waals surface area contributed by atoms with Crippen molar-refractivity contribution in [3.63, 3.8) is 0 Å². The Balaban J connectivity index is 1.78. The van der Waals surface area contributed by atoms with Gasteiger partial charge in [-0.1, -0.05) is 56.5 Å². The third kappa shape index (κ3) is 4.74. The average Bonchev–Trinajstić information content (AvgIpc) is 3.11. The van der Waals surface area contributed by atoms with Crippen LogP contribution in [0.2, 0.25) is 10.0 Å². The molecule has 0 saturated carbocycles. The van der Waals surface area contributed by atoms with Crippen molar-refractivity contribution in [2.45, 2.75) is 32.4 Å². The van der Waals surface area contributed by atoms with E-state index in [1.165, 1.54) is 0 Å². The number of rotatable bonds is 5. The zero-order valence-corrected chi connectivity index (χ0v) is 18.7. The van der Waals surface area contributed by atoms with Crippen LogP contribution in [0.15, 0.2) is 53.1 Å². The molecule has 8 heteroatoms. The Bertz CT molecular complexity index is 981. The molecule has 1 heterocycles. The van der Waals surface area contributed by atoms with Crippen LogP contribution in [-0.2, 0) is 5.54 Å². The van der Waals surface area contributed by atoms with Gasteiger partial charge in [-0.3, -0.25) is 4.79 Å². The highest BCUT2D eigenvalue weighted by Gasteiger charge is 2.28. The fraction of sp³-hybridized carbons (Fsp3) is 0.250. The quantitative estimate of drug-likeness (QED) is 0.514. The van der Waals surface area contributed by atoms with E-state index >= 15 is 0 Å². The highest BCUT2D eigenvalue weighted by atomic mass is 79.9. The lowest BCUT2D eigenvalue weighted by atomic mass is 10.0. The predicted molar refractivity (Wildman–Crippen MR) is 115 cm³/mol. The lowest BCUT2D eigenvalue weighted by molar-refractivity contribution is 0.0910. The minimum atomic E-state index is -0.733. The van der Waals surface area contributed by atoms with Crippen LogP contribution in [0, 0.1) is 0 Å². The van der Waals surface area contributed by atoms with Crippen molar-refractivity contribution in [2.75, 3.05) is 0 Å². The molecule has 0 aliphatic carbocycles. The molecule has 0 aliphatic heterocycles. The van der Waals surface area contributed by atoms with Gasteiger partial charge in [0.2, 0.25) is 0 Å². The molecule has 0 saturated heterocycles. The number of benzene rings is 2. The normalized spacial score (nSPS) is 12.6. The molecular formula is C20H19BrCl2N4O. The molecule has 0 spiro atoms. The summed E-state index contributed by atoms with van der Waals surface area (Å²) >= 11 is 15.4. The highest BCUT2D eigenvalue weighted by molar-refractivity contribution is 9.10. The average molecular weight is 482 g/mol. The van der Waals surface area contributed by atoms with Crippen molar-refractivity contribution >= 4 is 45.0 Å². The second kappa shape index (κ2) is 8.23. The Labute approximate surface area is 182 Å². The molecule has 0 radical (unpaired) electrons. The van der Waals surface area contributed by atoms with Gasteiger partial charge in [-0.2, -0.15) is 0 Å². The van der Waals surface area contributed by atoms with Crippen LogP contribution in [0.3, 0.4) is 0 Å². The molecule has 0 bridgehead atoms. The standard InChI is InChI=1S/C20H19BrCl2N4O/c1-12(13-4-6-15(21)7-5-13)27-11-18(25-26-27)20(2,3)24-19(28)14-8-16(22)10-17(23)9-14/h4-12H,1-3H3,(H,24,28). The Kier molecular flexibility index (Phi) is 6.12. The second-order valence-corrected chi connectivity index (χ2v) is 8.84. The molecule has 1 atom stereocenters. The molecule has 1 unspecified atom stereocenters. The van der Waals surface area contributed by atoms with Gasteiger partial charge in [-0.05, 0) is 56.7 Å². The van der Waals surface area contributed by atoms with Crippen molar-refractivity contribution in [1.29, 1.82) is 0 Å². The van der Waals surface area contributed by atoms with Crippen LogP contribution in [-0.4, -0.2) is 20.9 Å². The molecule has 1 N–H and O–H groups in total. The summed E-state index contributed by atoms with van der Waals surface area (Å²) in [5.74, 6) is -0.287. The number of amides is 1. The van der Waals surface area contributed by atoms with E-state index in [-0.39, 0.29) is 11.9 Å². The number of carbonyl (C=O) groups excluding carboxylic acids is 1. The van der Waals surface area contributed by atoms with Gasteiger partial charge in [0.25, 0.3) is 5.91 Å². The molecule has 3 aromatic rings. The lowest BCUT2D eigenvalue weighted by Gasteiger charge is -2.24. The van der Waals surface area contributed by atoms with E-state index in [1.54, 1.807) is 22.9 Å². The van der Waals surface area contributed by atoms with E-state index < -0.39 is 5.54 Å². The van der Waals surface area contributed by atoms with Crippen molar-refractivity contribution in [3.05, 3.63) is 80.0 Å².